The van der Waals surface area contributed by atoms with Gasteiger partial charge in [0.15, 0.2) is 0 Å². The minimum atomic E-state index is 0.191. The Morgan fingerprint density at radius 3 is 2.36 bits per heavy atom. The molecule has 2 atom stereocenters. The molecule has 2 fully saturated rings. The SMILES string of the molecule is O=C(Cc1ccc(Br)cc1)N1[C@H]2CC[C@H]1CC(Oc1ccncc1)C2. The van der Waals surface area contributed by atoms with Crippen molar-refractivity contribution in [1.29, 1.82) is 0 Å². The van der Waals surface area contributed by atoms with Crippen LogP contribution in [0.15, 0.2) is 53.3 Å². The van der Waals surface area contributed by atoms with Gasteiger partial charge in [-0.2, -0.15) is 0 Å². The molecule has 2 aromatic rings. The summed E-state index contributed by atoms with van der Waals surface area (Å²) in [6.07, 6.45) is 8.20. The number of benzene rings is 1. The van der Waals surface area contributed by atoms with Crippen LogP contribution in [0.25, 0.3) is 0 Å². The van der Waals surface area contributed by atoms with Gasteiger partial charge in [0, 0.05) is 41.8 Å². The highest BCUT2D eigenvalue weighted by molar-refractivity contribution is 9.10. The van der Waals surface area contributed by atoms with Crippen molar-refractivity contribution in [2.24, 2.45) is 0 Å². The van der Waals surface area contributed by atoms with Gasteiger partial charge in [-0.25, -0.2) is 0 Å². The quantitative estimate of drug-likeness (QED) is 0.778. The van der Waals surface area contributed by atoms with Gasteiger partial charge in [0.1, 0.15) is 11.9 Å². The lowest BCUT2D eigenvalue weighted by molar-refractivity contribution is -0.136. The van der Waals surface area contributed by atoms with E-state index < -0.39 is 0 Å². The smallest absolute Gasteiger partial charge is 0.227 e. The summed E-state index contributed by atoms with van der Waals surface area (Å²) in [5.74, 6) is 1.12. The Morgan fingerprint density at radius 1 is 1.08 bits per heavy atom. The Balaban J connectivity index is 1.40. The molecule has 2 saturated heterocycles. The van der Waals surface area contributed by atoms with E-state index in [0.717, 1.165) is 41.5 Å². The number of hydrogen-bond acceptors (Lipinski definition) is 3. The van der Waals surface area contributed by atoms with Gasteiger partial charge in [-0.3, -0.25) is 9.78 Å². The summed E-state index contributed by atoms with van der Waals surface area (Å²) in [6.45, 7) is 0. The summed E-state index contributed by atoms with van der Waals surface area (Å²) in [6, 6.07) is 12.4. The Labute approximate surface area is 156 Å². The standard InChI is InChI=1S/C20H21BrN2O2/c21-15-3-1-14(2-4-15)11-20(24)23-16-5-6-17(23)13-19(12-16)25-18-7-9-22-10-8-18/h1-4,7-10,16-17,19H,5-6,11-13H2/t16-,17-/m0/s1. The normalized spacial score (nSPS) is 25.0. The van der Waals surface area contributed by atoms with E-state index in [2.05, 4.69) is 25.8 Å². The molecule has 2 aliphatic rings. The molecular weight excluding hydrogens is 380 g/mol. The van der Waals surface area contributed by atoms with Crippen molar-refractivity contribution in [3.63, 3.8) is 0 Å². The number of carbonyl (C=O) groups excluding carboxylic acids is 1. The van der Waals surface area contributed by atoms with Gasteiger partial charge in [0.25, 0.3) is 0 Å². The van der Waals surface area contributed by atoms with Crippen LogP contribution < -0.4 is 4.74 Å². The van der Waals surface area contributed by atoms with Crippen LogP contribution in [-0.2, 0) is 11.2 Å². The van der Waals surface area contributed by atoms with Gasteiger partial charge in [-0.15, -0.1) is 0 Å². The van der Waals surface area contributed by atoms with E-state index in [1.807, 2.05) is 36.4 Å². The van der Waals surface area contributed by atoms with E-state index in [1.165, 1.54) is 0 Å². The van der Waals surface area contributed by atoms with Crippen molar-refractivity contribution in [2.75, 3.05) is 0 Å². The molecule has 5 heteroatoms. The Bertz CT molecular complexity index is 721. The highest BCUT2D eigenvalue weighted by atomic mass is 79.9. The van der Waals surface area contributed by atoms with Crippen LogP contribution in [0.1, 0.15) is 31.2 Å². The summed E-state index contributed by atoms with van der Waals surface area (Å²) >= 11 is 3.44. The molecule has 0 N–H and O–H groups in total. The zero-order valence-electron chi connectivity index (χ0n) is 14.0. The van der Waals surface area contributed by atoms with E-state index in [4.69, 9.17) is 4.74 Å². The summed E-state index contributed by atoms with van der Waals surface area (Å²) in [4.78, 5) is 19.0. The lowest BCUT2D eigenvalue weighted by Gasteiger charge is -2.39. The average molecular weight is 401 g/mol. The number of fused-ring (bicyclic) bond motifs is 2. The summed E-state index contributed by atoms with van der Waals surface area (Å²) in [5.41, 5.74) is 1.07. The van der Waals surface area contributed by atoms with Crippen LogP contribution in [0.3, 0.4) is 0 Å². The molecule has 3 heterocycles. The number of aromatic nitrogens is 1. The van der Waals surface area contributed by atoms with Gasteiger partial charge in [0.05, 0.1) is 6.42 Å². The maximum atomic E-state index is 12.8. The van der Waals surface area contributed by atoms with Gasteiger partial charge in [0.2, 0.25) is 5.91 Å². The van der Waals surface area contributed by atoms with E-state index >= 15 is 0 Å². The van der Waals surface area contributed by atoms with E-state index in [1.54, 1.807) is 12.4 Å². The van der Waals surface area contributed by atoms with E-state index in [-0.39, 0.29) is 12.0 Å². The first-order valence-corrected chi connectivity index (χ1v) is 9.60. The molecule has 0 unspecified atom stereocenters. The van der Waals surface area contributed by atoms with Crippen molar-refractivity contribution >= 4 is 21.8 Å². The number of pyridine rings is 1. The van der Waals surface area contributed by atoms with Gasteiger partial charge in [-0.05, 0) is 42.7 Å². The monoisotopic (exact) mass is 400 g/mol. The molecule has 0 saturated carbocycles. The van der Waals surface area contributed by atoms with Crippen molar-refractivity contribution in [2.45, 2.75) is 50.3 Å². The number of ether oxygens (including phenoxy) is 1. The van der Waals surface area contributed by atoms with Crippen LogP contribution in [0.4, 0.5) is 0 Å². The van der Waals surface area contributed by atoms with Crippen LogP contribution in [0.2, 0.25) is 0 Å². The van der Waals surface area contributed by atoms with Gasteiger partial charge >= 0.3 is 0 Å². The molecule has 4 nitrogen and oxygen atoms in total. The molecular formula is C20H21BrN2O2. The minimum absolute atomic E-state index is 0.191. The molecule has 1 aromatic heterocycles. The zero-order chi connectivity index (χ0) is 17.2. The fraction of sp³-hybridized carbons (Fsp3) is 0.400. The second-order valence-corrected chi connectivity index (χ2v) is 7.80. The maximum absolute atomic E-state index is 12.8. The van der Waals surface area contributed by atoms with Gasteiger partial charge in [-0.1, -0.05) is 28.1 Å². The number of piperidine rings is 1. The number of amides is 1. The lowest BCUT2D eigenvalue weighted by atomic mass is 9.98. The molecule has 0 spiro atoms. The van der Waals surface area contributed by atoms with E-state index in [9.17, 15) is 4.79 Å². The molecule has 0 aliphatic carbocycles. The molecule has 2 aliphatic heterocycles. The number of nitrogens with zero attached hydrogens (tertiary/aromatic N) is 2. The summed E-state index contributed by atoms with van der Waals surface area (Å²) in [5, 5.41) is 0. The second kappa shape index (κ2) is 7.16. The summed E-state index contributed by atoms with van der Waals surface area (Å²) in [7, 11) is 0. The molecule has 130 valence electrons. The number of halogens is 1. The fourth-order valence-electron chi connectivity index (χ4n) is 4.11. The molecule has 0 radical (unpaired) electrons. The van der Waals surface area contributed by atoms with Crippen LogP contribution >= 0.6 is 15.9 Å². The predicted octanol–water partition coefficient (Wildman–Crippen LogP) is 3.99. The maximum Gasteiger partial charge on any atom is 0.227 e. The third-order valence-electron chi connectivity index (χ3n) is 5.20. The Hall–Kier alpha value is -1.88. The molecule has 1 amide bonds. The van der Waals surface area contributed by atoms with Gasteiger partial charge < -0.3 is 9.64 Å². The Morgan fingerprint density at radius 2 is 1.72 bits per heavy atom. The first-order chi connectivity index (χ1) is 12.2. The van der Waals surface area contributed by atoms with Crippen LogP contribution in [0.5, 0.6) is 5.75 Å². The number of carbonyl (C=O) groups is 1. The molecule has 25 heavy (non-hydrogen) atoms. The molecule has 2 bridgehead atoms. The fourth-order valence-corrected chi connectivity index (χ4v) is 4.37. The Kier molecular flexibility index (Phi) is 4.75. The largest absolute Gasteiger partial charge is 0.490 e. The third kappa shape index (κ3) is 3.71. The average Bonchev–Trinajstić information content (AvgIpc) is 2.89. The van der Waals surface area contributed by atoms with Crippen molar-refractivity contribution < 1.29 is 9.53 Å². The predicted molar refractivity (Wildman–Crippen MR) is 99.4 cm³/mol. The summed E-state index contributed by atoms with van der Waals surface area (Å²) < 4.78 is 7.15. The first kappa shape index (κ1) is 16.6. The minimum Gasteiger partial charge on any atom is -0.490 e. The van der Waals surface area contributed by atoms with Crippen molar-refractivity contribution in [3.8, 4) is 5.75 Å². The topological polar surface area (TPSA) is 42.4 Å². The highest BCUT2D eigenvalue weighted by Gasteiger charge is 2.43. The van der Waals surface area contributed by atoms with Crippen LogP contribution in [0, 0.1) is 0 Å². The highest BCUT2D eigenvalue weighted by Crippen LogP contribution is 2.37. The first-order valence-electron chi connectivity index (χ1n) is 8.81. The number of hydrogen-bond donors (Lipinski definition) is 0. The van der Waals surface area contributed by atoms with Crippen molar-refractivity contribution in [1.82, 2.24) is 9.88 Å². The lowest BCUT2D eigenvalue weighted by Crippen LogP contribution is -2.49. The van der Waals surface area contributed by atoms with Crippen molar-refractivity contribution in [3.05, 3.63) is 58.8 Å². The van der Waals surface area contributed by atoms with Crippen LogP contribution in [-0.4, -0.2) is 34.0 Å². The third-order valence-corrected chi connectivity index (χ3v) is 5.73. The molecule has 4 rings (SSSR count). The zero-order valence-corrected chi connectivity index (χ0v) is 15.6. The number of rotatable bonds is 4. The molecule has 1 aromatic carbocycles. The van der Waals surface area contributed by atoms with E-state index in [0.29, 0.717) is 18.5 Å². The second-order valence-electron chi connectivity index (χ2n) is 6.88.